The minimum atomic E-state index is -3.44. The first-order valence-corrected chi connectivity index (χ1v) is 9.63. The lowest BCUT2D eigenvalue weighted by Gasteiger charge is -2.36. The molecule has 0 aliphatic carbocycles. The molecular weight excluding hydrogens is 328 g/mol. The highest BCUT2D eigenvalue weighted by molar-refractivity contribution is 7.86. The first kappa shape index (κ1) is 17.3. The van der Waals surface area contributed by atoms with Gasteiger partial charge in [0.05, 0.1) is 6.42 Å². The molecule has 132 valence electrons. The SMILES string of the molecule is CN(C)S(=O)(=O)N1C[C@@H]2CC[C@H](C1)N(C(=O)Cc1ccncc1)C2. The van der Waals surface area contributed by atoms with Crippen molar-refractivity contribution in [3.8, 4) is 0 Å². The number of piperidine rings is 1. The van der Waals surface area contributed by atoms with Crippen molar-refractivity contribution in [3.63, 3.8) is 0 Å². The van der Waals surface area contributed by atoms with Crippen molar-refractivity contribution < 1.29 is 13.2 Å². The Balaban J connectivity index is 1.75. The minimum absolute atomic E-state index is 0.0344. The van der Waals surface area contributed by atoms with Crippen LogP contribution in [-0.2, 0) is 21.4 Å². The van der Waals surface area contributed by atoms with Crippen molar-refractivity contribution in [2.24, 2.45) is 5.92 Å². The molecule has 0 aromatic carbocycles. The predicted octanol–water partition coefficient (Wildman–Crippen LogP) is 0.353. The second-order valence-electron chi connectivity index (χ2n) is 6.78. The van der Waals surface area contributed by atoms with Crippen molar-refractivity contribution in [1.82, 2.24) is 18.5 Å². The molecule has 0 saturated carbocycles. The first-order chi connectivity index (χ1) is 11.4. The quantitative estimate of drug-likeness (QED) is 0.784. The summed E-state index contributed by atoms with van der Waals surface area (Å²) in [5.74, 6) is 0.278. The van der Waals surface area contributed by atoms with Crippen molar-refractivity contribution >= 4 is 16.1 Å². The van der Waals surface area contributed by atoms with E-state index in [0.717, 1.165) is 18.4 Å². The molecule has 7 nitrogen and oxygen atoms in total. The fourth-order valence-corrected chi connectivity index (χ4v) is 4.76. The maximum absolute atomic E-state index is 12.7. The van der Waals surface area contributed by atoms with Crippen molar-refractivity contribution in [2.75, 3.05) is 33.7 Å². The monoisotopic (exact) mass is 352 g/mol. The van der Waals surface area contributed by atoms with Crippen LogP contribution in [0.15, 0.2) is 24.5 Å². The molecule has 0 spiro atoms. The van der Waals surface area contributed by atoms with Crippen LogP contribution in [0.5, 0.6) is 0 Å². The molecule has 3 saturated heterocycles. The molecule has 4 rings (SSSR count). The highest BCUT2D eigenvalue weighted by Crippen LogP contribution is 2.30. The van der Waals surface area contributed by atoms with Gasteiger partial charge in [-0.1, -0.05) is 0 Å². The van der Waals surface area contributed by atoms with Crippen LogP contribution in [0.2, 0.25) is 0 Å². The van der Waals surface area contributed by atoms with Crippen LogP contribution in [-0.4, -0.2) is 72.6 Å². The van der Waals surface area contributed by atoms with E-state index in [9.17, 15) is 13.2 Å². The molecule has 3 fully saturated rings. The summed E-state index contributed by atoms with van der Waals surface area (Å²) in [5, 5.41) is 0. The average Bonchev–Trinajstić information content (AvgIpc) is 2.88. The van der Waals surface area contributed by atoms with Crippen LogP contribution in [0.25, 0.3) is 0 Å². The highest BCUT2D eigenvalue weighted by atomic mass is 32.2. The Morgan fingerprint density at radius 2 is 1.92 bits per heavy atom. The minimum Gasteiger partial charge on any atom is -0.338 e. The van der Waals surface area contributed by atoms with Crippen LogP contribution in [0.3, 0.4) is 0 Å². The zero-order valence-electron chi connectivity index (χ0n) is 14.1. The van der Waals surface area contributed by atoms with Crippen molar-refractivity contribution in [3.05, 3.63) is 30.1 Å². The highest BCUT2D eigenvalue weighted by Gasteiger charge is 2.41. The first-order valence-electron chi connectivity index (χ1n) is 8.24. The number of fused-ring (bicyclic) bond motifs is 4. The number of carbonyl (C=O) groups is 1. The molecule has 8 heteroatoms. The van der Waals surface area contributed by atoms with E-state index >= 15 is 0 Å². The fourth-order valence-electron chi connectivity index (χ4n) is 3.54. The summed E-state index contributed by atoms with van der Waals surface area (Å²) < 4.78 is 27.7. The lowest BCUT2D eigenvalue weighted by atomic mass is 9.94. The molecule has 2 atom stereocenters. The molecule has 1 aromatic heterocycles. The summed E-state index contributed by atoms with van der Waals surface area (Å²) in [6, 6.07) is 3.65. The number of carbonyl (C=O) groups excluding carboxylic acids is 1. The maximum Gasteiger partial charge on any atom is 0.281 e. The largest absolute Gasteiger partial charge is 0.338 e. The van der Waals surface area contributed by atoms with Gasteiger partial charge in [-0.2, -0.15) is 17.0 Å². The zero-order valence-corrected chi connectivity index (χ0v) is 14.9. The fraction of sp³-hybridized carbons (Fsp3) is 0.625. The van der Waals surface area contributed by atoms with Gasteiger partial charge in [-0.3, -0.25) is 9.78 Å². The normalized spacial score (nSPS) is 25.0. The molecule has 3 aliphatic heterocycles. The smallest absolute Gasteiger partial charge is 0.281 e. The van der Waals surface area contributed by atoms with Gasteiger partial charge < -0.3 is 4.90 Å². The van der Waals surface area contributed by atoms with Crippen molar-refractivity contribution in [2.45, 2.75) is 25.3 Å². The molecule has 24 heavy (non-hydrogen) atoms. The third-order valence-electron chi connectivity index (χ3n) is 4.89. The van der Waals surface area contributed by atoms with Gasteiger partial charge in [0.25, 0.3) is 10.2 Å². The van der Waals surface area contributed by atoms with Crippen LogP contribution < -0.4 is 0 Å². The average molecular weight is 352 g/mol. The molecule has 0 radical (unpaired) electrons. The van der Waals surface area contributed by atoms with Gasteiger partial charge in [0.2, 0.25) is 5.91 Å². The molecule has 2 bridgehead atoms. The number of nitrogens with zero attached hydrogens (tertiary/aromatic N) is 4. The lowest BCUT2D eigenvalue weighted by Crippen LogP contribution is -2.49. The van der Waals surface area contributed by atoms with E-state index < -0.39 is 10.2 Å². The number of rotatable bonds is 4. The van der Waals surface area contributed by atoms with Crippen LogP contribution in [0.1, 0.15) is 18.4 Å². The summed E-state index contributed by atoms with van der Waals surface area (Å²) in [4.78, 5) is 18.6. The van der Waals surface area contributed by atoms with Crippen LogP contribution >= 0.6 is 0 Å². The van der Waals surface area contributed by atoms with Gasteiger partial charge in [-0.15, -0.1) is 0 Å². The Bertz CT molecular complexity index is 693. The van der Waals surface area contributed by atoms with E-state index in [0.29, 0.717) is 26.1 Å². The van der Waals surface area contributed by atoms with Gasteiger partial charge in [-0.25, -0.2) is 0 Å². The van der Waals surface area contributed by atoms with Crippen LogP contribution in [0, 0.1) is 5.92 Å². The second kappa shape index (κ2) is 6.78. The van der Waals surface area contributed by atoms with E-state index in [4.69, 9.17) is 0 Å². The third kappa shape index (κ3) is 3.45. The topological polar surface area (TPSA) is 73.8 Å². The molecule has 0 N–H and O–H groups in total. The van der Waals surface area contributed by atoms with E-state index in [1.54, 1.807) is 26.5 Å². The van der Waals surface area contributed by atoms with Crippen LogP contribution in [0.4, 0.5) is 0 Å². The molecular formula is C16H24N4O3S. The summed E-state index contributed by atoms with van der Waals surface area (Å²) in [5.41, 5.74) is 0.938. The van der Waals surface area contributed by atoms with Gasteiger partial charge in [-0.05, 0) is 36.5 Å². The van der Waals surface area contributed by atoms with E-state index in [1.807, 2.05) is 17.0 Å². The Labute approximate surface area is 143 Å². The van der Waals surface area contributed by atoms with E-state index in [1.165, 1.54) is 8.61 Å². The standard InChI is InChI=1S/C16H24N4O3S/c1-18(2)24(22,23)19-10-14-3-4-15(12-19)20(11-14)16(21)9-13-5-7-17-8-6-13/h5-8,14-15H,3-4,9-12H2,1-2H3/t14-,15+/m0/s1. The summed E-state index contributed by atoms with van der Waals surface area (Å²) >= 11 is 0. The Morgan fingerprint density at radius 1 is 1.21 bits per heavy atom. The number of hydrogen-bond acceptors (Lipinski definition) is 4. The molecule has 0 unspecified atom stereocenters. The zero-order chi connectivity index (χ0) is 17.3. The summed E-state index contributed by atoms with van der Waals surface area (Å²) in [6.45, 7) is 1.53. The third-order valence-corrected chi connectivity index (χ3v) is 6.77. The Morgan fingerprint density at radius 3 is 2.58 bits per heavy atom. The predicted molar refractivity (Wildman–Crippen MR) is 90.3 cm³/mol. The van der Waals surface area contributed by atoms with E-state index in [-0.39, 0.29) is 17.9 Å². The summed E-state index contributed by atoms with van der Waals surface area (Å²) in [6.07, 6.45) is 5.55. The molecule has 3 aliphatic rings. The van der Waals surface area contributed by atoms with Gasteiger partial charge in [0, 0.05) is 52.2 Å². The Kier molecular flexibility index (Phi) is 4.89. The molecule has 4 heterocycles. The van der Waals surface area contributed by atoms with Gasteiger partial charge in [0.1, 0.15) is 0 Å². The number of amides is 1. The Hall–Kier alpha value is -1.51. The van der Waals surface area contributed by atoms with Gasteiger partial charge >= 0.3 is 0 Å². The molecule has 1 aromatic rings. The number of pyridine rings is 1. The van der Waals surface area contributed by atoms with Gasteiger partial charge in [0.15, 0.2) is 0 Å². The number of hydrogen-bond donors (Lipinski definition) is 0. The lowest BCUT2D eigenvalue weighted by molar-refractivity contribution is -0.134. The summed E-state index contributed by atoms with van der Waals surface area (Å²) in [7, 11) is -0.337. The van der Waals surface area contributed by atoms with Crippen molar-refractivity contribution in [1.29, 1.82) is 0 Å². The van der Waals surface area contributed by atoms with E-state index in [2.05, 4.69) is 4.98 Å². The second-order valence-corrected chi connectivity index (χ2v) is 8.93. The maximum atomic E-state index is 12.7. The molecule has 1 amide bonds. The number of aromatic nitrogens is 1.